The third-order valence-electron chi connectivity index (χ3n) is 6.08. The summed E-state index contributed by atoms with van der Waals surface area (Å²) in [6.45, 7) is 3.59. The molecule has 4 aromatic rings. The van der Waals surface area contributed by atoms with Crippen LogP contribution in [0.4, 0.5) is 0 Å². The van der Waals surface area contributed by atoms with Gasteiger partial charge in [-0.2, -0.15) is 0 Å². The van der Waals surface area contributed by atoms with E-state index in [0.717, 1.165) is 46.1 Å². The summed E-state index contributed by atoms with van der Waals surface area (Å²) in [5.74, 6) is 0. The normalized spacial score (nSPS) is 12.8. The first-order valence-electron chi connectivity index (χ1n) is 11.4. The molecule has 0 bridgehead atoms. The summed E-state index contributed by atoms with van der Waals surface area (Å²) in [4.78, 5) is 4.75. The minimum Gasteiger partial charge on any atom is -0.388 e. The molecule has 1 heterocycles. The molecule has 0 fully saturated rings. The molecule has 4 rings (SSSR count). The molecule has 3 nitrogen and oxygen atoms in total. The fourth-order valence-corrected chi connectivity index (χ4v) is 4.46. The summed E-state index contributed by atoms with van der Waals surface area (Å²) in [7, 11) is 0. The number of pyridine rings is 1. The fourth-order valence-electron chi connectivity index (χ4n) is 4.29. The molecular formula is C29H30ClNO2. The zero-order valence-electron chi connectivity index (χ0n) is 19.1. The summed E-state index contributed by atoms with van der Waals surface area (Å²) in [6, 6.07) is 26.0. The van der Waals surface area contributed by atoms with E-state index in [0.29, 0.717) is 17.9 Å². The van der Waals surface area contributed by atoms with Gasteiger partial charge in [-0.15, -0.1) is 0 Å². The van der Waals surface area contributed by atoms with E-state index in [4.69, 9.17) is 16.6 Å². The van der Waals surface area contributed by atoms with Crippen molar-refractivity contribution < 1.29 is 10.2 Å². The average molecular weight is 460 g/mol. The molecule has 0 saturated carbocycles. The van der Waals surface area contributed by atoms with E-state index < -0.39 is 11.7 Å². The number of aliphatic hydroxyl groups excluding tert-OH is 1. The Balaban J connectivity index is 1.41. The lowest BCUT2D eigenvalue weighted by Crippen LogP contribution is -2.18. The zero-order chi connectivity index (χ0) is 23.4. The third kappa shape index (κ3) is 6.00. The smallest absolute Gasteiger partial charge is 0.0843 e. The van der Waals surface area contributed by atoms with Gasteiger partial charge in [0.15, 0.2) is 0 Å². The first-order chi connectivity index (χ1) is 15.8. The molecule has 0 aliphatic heterocycles. The van der Waals surface area contributed by atoms with Crippen molar-refractivity contribution in [3.63, 3.8) is 0 Å². The van der Waals surface area contributed by atoms with E-state index in [-0.39, 0.29) is 0 Å². The number of benzene rings is 3. The van der Waals surface area contributed by atoms with Gasteiger partial charge < -0.3 is 10.2 Å². The number of aliphatic hydroxyl groups is 2. The maximum Gasteiger partial charge on any atom is 0.0843 e. The van der Waals surface area contributed by atoms with Crippen LogP contribution in [-0.2, 0) is 24.9 Å². The van der Waals surface area contributed by atoms with Gasteiger partial charge in [-0.3, -0.25) is 4.98 Å². The van der Waals surface area contributed by atoms with Crippen LogP contribution in [0.3, 0.4) is 0 Å². The topological polar surface area (TPSA) is 53.4 Å². The number of halogens is 1. The lowest BCUT2D eigenvalue weighted by Gasteiger charge is -2.22. The van der Waals surface area contributed by atoms with Gasteiger partial charge in [0.2, 0.25) is 0 Å². The highest BCUT2D eigenvalue weighted by atomic mass is 35.5. The van der Waals surface area contributed by atoms with Crippen molar-refractivity contribution in [2.24, 2.45) is 0 Å². The summed E-state index contributed by atoms with van der Waals surface area (Å²) in [5, 5.41) is 23.1. The largest absolute Gasteiger partial charge is 0.388 e. The maximum absolute atomic E-state index is 10.8. The molecule has 0 spiro atoms. The third-order valence-corrected chi connectivity index (χ3v) is 6.32. The number of hydrogen-bond donors (Lipinski definition) is 2. The van der Waals surface area contributed by atoms with Crippen LogP contribution in [0.25, 0.3) is 10.9 Å². The number of aryl methyl sites for hydroxylation is 3. The van der Waals surface area contributed by atoms with Crippen LogP contribution in [0.15, 0.2) is 78.9 Å². The Kier molecular flexibility index (Phi) is 7.14. The van der Waals surface area contributed by atoms with Crippen LogP contribution >= 0.6 is 11.6 Å². The molecular weight excluding hydrogens is 430 g/mol. The number of nitrogens with zero attached hydrogens (tertiary/aromatic N) is 1. The van der Waals surface area contributed by atoms with Crippen LogP contribution in [0.1, 0.15) is 54.3 Å². The highest BCUT2D eigenvalue weighted by Crippen LogP contribution is 2.27. The van der Waals surface area contributed by atoms with Gasteiger partial charge in [-0.25, -0.2) is 0 Å². The Hall–Kier alpha value is -2.72. The van der Waals surface area contributed by atoms with E-state index in [9.17, 15) is 10.2 Å². The molecule has 33 heavy (non-hydrogen) atoms. The van der Waals surface area contributed by atoms with Gasteiger partial charge >= 0.3 is 0 Å². The number of fused-ring (bicyclic) bond motifs is 1. The highest BCUT2D eigenvalue weighted by Gasteiger charge is 2.20. The first kappa shape index (κ1) is 23.4. The summed E-state index contributed by atoms with van der Waals surface area (Å²) in [5.41, 5.74) is 5.12. The lowest BCUT2D eigenvalue weighted by molar-refractivity contribution is 0.0772. The minimum absolute atomic E-state index is 0.555. The maximum atomic E-state index is 10.8. The van der Waals surface area contributed by atoms with Crippen LogP contribution in [0.5, 0.6) is 0 Å². The Labute approximate surface area is 200 Å². The van der Waals surface area contributed by atoms with Crippen LogP contribution in [0.2, 0.25) is 5.02 Å². The number of aromatic nitrogens is 1. The van der Waals surface area contributed by atoms with Crippen molar-refractivity contribution in [3.8, 4) is 0 Å². The summed E-state index contributed by atoms with van der Waals surface area (Å²) < 4.78 is 0. The van der Waals surface area contributed by atoms with E-state index in [2.05, 4.69) is 24.3 Å². The standard InChI is InChI=1S/C29H30ClNO2/c1-29(2,33)26-9-4-3-7-21(26)13-17-28(32)23-8-5-6-20(18-23)10-15-25-16-12-22-11-14-24(30)19-27(22)31-25/h3-9,11-12,14,16,18-19,28,32-33H,10,13,15,17H2,1-2H3. The molecule has 0 aliphatic rings. The van der Waals surface area contributed by atoms with Gasteiger partial charge in [-0.1, -0.05) is 72.3 Å². The molecule has 2 N–H and O–H groups in total. The van der Waals surface area contributed by atoms with E-state index in [1.807, 2.05) is 54.6 Å². The Morgan fingerprint density at radius 1 is 0.879 bits per heavy atom. The van der Waals surface area contributed by atoms with E-state index in [1.54, 1.807) is 13.8 Å². The van der Waals surface area contributed by atoms with Crippen molar-refractivity contribution in [1.82, 2.24) is 4.98 Å². The monoisotopic (exact) mass is 459 g/mol. The van der Waals surface area contributed by atoms with E-state index in [1.165, 1.54) is 5.56 Å². The molecule has 0 saturated heterocycles. The second-order valence-corrected chi connectivity index (χ2v) is 9.59. The van der Waals surface area contributed by atoms with Crippen LogP contribution < -0.4 is 0 Å². The molecule has 0 aliphatic carbocycles. The van der Waals surface area contributed by atoms with Crippen molar-refractivity contribution in [2.45, 2.75) is 51.2 Å². The predicted octanol–water partition coefficient (Wildman–Crippen LogP) is 6.57. The highest BCUT2D eigenvalue weighted by molar-refractivity contribution is 6.31. The summed E-state index contributed by atoms with van der Waals surface area (Å²) in [6.07, 6.45) is 2.42. The van der Waals surface area contributed by atoms with Gasteiger partial charge in [0, 0.05) is 16.1 Å². The summed E-state index contributed by atoms with van der Waals surface area (Å²) >= 11 is 6.11. The molecule has 1 aromatic heterocycles. The van der Waals surface area contributed by atoms with Gasteiger partial charge in [0.1, 0.15) is 0 Å². The quantitative estimate of drug-likeness (QED) is 0.313. The van der Waals surface area contributed by atoms with Gasteiger partial charge in [0.05, 0.1) is 17.2 Å². The Bertz CT molecular complexity index is 1250. The predicted molar refractivity (Wildman–Crippen MR) is 136 cm³/mol. The Morgan fingerprint density at radius 3 is 2.48 bits per heavy atom. The molecule has 0 amide bonds. The minimum atomic E-state index is -0.899. The van der Waals surface area contributed by atoms with Crippen molar-refractivity contribution in [3.05, 3.63) is 112 Å². The SMILES string of the molecule is CC(C)(O)c1ccccc1CCC(O)c1cccc(CCc2ccc3ccc(Cl)cc3n2)c1. The fraction of sp³-hybridized carbons (Fsp3) is 0.276. The number of hydrogen-bond acceptors (Lipinski definition) is 3. The van der Waals surface area contributed by atoms with Crippen molar-refractivity contribution in [2.75, 3.05) is 0 Å². The average Bonchev–Trinajstić information content (AvgIpc) is 2.80. The second kappa shape index (κ2) is 10.0. The van der Waals surface area contributed by atoms with Crippen LogP contribution in [0, 0.1) is 0 Å². The zero-order valence-corrected chi connectivity index (χ0v) is 19.9. The van der Waals surface area contributed by atoms with Crippen molar-refractivity contribution in [1.29, 1.82) is 0 Å². The molecule has 1 unspecified atom stereocenters. The second-order valence-electron chi connectivity index (χ2n) is 9.16. The molecule has 0 radical (unpaired) electrons. The first-order valence-corrected chi connectivity index (χ1v) is 11.8. The van der Waals surface area contributed by atoms with Gasteiger partial charge in [-0.05, 0) is 80.0 Å². The molecule has 1 atom stereocenters. The molecule has 170 valence electrons. The Morgan fingerprint density at radius 2 is 1.67 bits per heavy atom. The van der Waals surface area contributed by atoms with Gasteiger partial charge in [0.25, 0.3) is 0 Å². The molecule has 3 aromatic carbocycles. The van der Waals surface area contributed by atoms with Crippen LogP contribution in [-0.4, -0.2) is 15.2 Å². The van der Waals surface area contributed by atoms with Crippen molar-refractivity contribution >= 4 is 22.5 Å². The van der Waals surface area contributed by atoms with E-state index >= 15 is 0 Å². The molecule has 4 heteroatoms. The lowest BCUT2D eigenvalue weighted by atomic mass is 9.90. The number of rotatable bonds is 8.